The van der Waals surface area contributed by atoms with Crippen LogP contribution in [0.15, 0.2) is 42.5 Å². The molecule has 176 valence electrons. The van der Waals surface area contributed by atoms with E-state index >= 15 is 0 Å². The van der Waals surface area contributed by atoms with Crippen molar-refractivity contribution in [3.05, 3.63) is 59.4 Å². The van der Waals surface area contributed by atoms with Gasteiger partial charge in [0.1, 0.15) is 5.75 Å². The monoisotopic (exact) mass is 477 g/mol. The van der Waals surface area contributed by atoms with Crippen LogP contribution in [0.3, 0.4) is 0 Å². The van der Waals surface area contributed by atoms with Gasteiger partial charge in [0.05, 0.1) is 0 Å². The highest BCUT2D eigenvalue weighted by molar-refractivity contribution is 5.94. The van der Waals surface area contributed by atoms with Crippen LogP contribution in [0.5, 0.6) is 11.5 Å². The van der Waals surface area contributed by atoms with E-state index in [-0.39, 0.29) is 17.7 Å². The molecule has 32 heavy (non-hydrogen) atoms. The molecule has 0 aromatic heterocycles. The second kappa shape index (κ2) is 8.17. The van der Waals surface area contributed by atoms with Gasteiger partial charge in [0.2, 0.25) is 0 Å². The summed E-state index contributed by atoms with van der Waals surface area (Å²) in [4.78, 5) is 12.9. The van der Waals surface area contributed by atoms with Crippen molar-refractivity contribution >= 4 is 5.91 Å². The summed E-state index contributed by atoms with van der Waals surface area (Å²) in [5.41, 5.74) is -1.91. The molecule has 0 saturated heterocycles. The largest absolute Gasteiger partial charge is 0.460 e. The Balaban J connectivity index is 2.29. The molecular formula is C19H13F10NO2. The van der Waals surface area contributed by atoms with E-state index in [1.54, 1.807) is 0 Å². The van der Waals surface area contributed by atoms with Crippen LogP contribution in [0, 0.1) is 5.82 Å². The molecule has 0 saturated carbocycles. The molecule has 0 fully saturated rings. The van der Waals surface area contributed by atoms with Gasteiger partial charge in [0, 0.05) is 25.2 Å². The van der Waals surface area contributed by atoms with Crippen LogP contribution in [0.4, 0.5) is 43.9 Å². The molecular weight excluding hydrogens is 464 g/mol. The Kier molecular flexibility index (Phi) is 6.45. The van der Waals surface area contributed by atoms with Crippen molar-refractivity contribution in [3.8, 4) is 11.5 Å². The summed E-state index contributed by atoms with van der Waals surface area (Å²) in [6, 6.07) is 4.34. The molecule has 0 unspecified atom stereocenters. The van der Waals surface area contributed by atoms with Gasteiger partial charge in [-0.15, -0.1) is 0 Å². The molecule has 2 rings (SSSR count). The lowest BCUT2D eigenvalue weighted by atomic mass is 9.97. The highest BCUT2D eigenvalue weighted by Crippen LogP contribution is 2.56. The number of halogens is 10. The normalized spacial score (nSPS) is 13.1. The molecule has 3 nitrogen and oxygen atoms in total. The molecule has 0 bridgehead atoms. The van der Waals surface area contributed by atoms with Crippen LogP contribution in [0.25, 0.3) is 0 Å². The van der Waals surface area contributed by atoms with E-state index in [2.05, 4.69) is 0 Å². The minimum absolute atomic E-state index is 0.0531. The number of hydrogen-bond acceptors (Lipinski definition) is 2. The average molecular weight is 477 g/mol. The standard InChI is InChI=1S/C19H13F10NO2/c1-30(2)15(31)10-3-8-14(13(20)9-10)32-12-6-4-11(5-7-12)16(21,22)17(23,24)18(25,26)19(27,28)29/h3-9H,1-2H3. The first-order valence-corrected chi connectivity index (χ1v) is 8.43. The third kappa shape index (κ3) is 4.32. The second-order valence-corrected chi connectivity index (χ2v) is 6.69. The first-order valence-electron chi connectivity index (χ1n) is 8.43. The van der Waals surface area contributed by atoms with Crippen molar-refractivity contribution in [2.45, 2.75) is 23.9 Å². The predicted octanol–water partition coefficient (Wildman–Crippen LogP) is 6.24. The van der Waals surface area contributed by atoms with E-state index in [1.165, 1.54) is 20.2 Å². The van der Waals surface area contributed by atoms with E-state index in [0.29, 0.717) is 12.1 Å². The van der Waals surface area contributed by atoms with Gasteiger partial charge >= 0.3 is 23.9 Å². The fraction of sp³-hybridized carbons (Fsp3) is 0.316. The van der Waals surface area contributed by atoms with Gasteiger partial charge in [0.15, 0.2) is 11.6 Å². The number of carbonyl (C=O) groups excluding carboxylic acids is 1. The van der Waals surface area contributed by atoms with Gasteiger partial charge in [-0.1, -0.05) is 0 Å². The van der Waals surface area contributed by atoms with Crippen molar-refractivity contribution in [1.82, 2.24) is 4.90 Å². The van der Waals surface area contributed by atoms with E-state index in [4.69, 9.17) is 4.74 Å². The number of alkyl halides is 9. The van der Waals surface area contributed by atoms with Crippen molar-refractivity contribution in [3.63, 3.8) is 0 Å². The maximum absolute atomic E-state index is 14.1. The Morgan fingerprint density at radius 1 is 0.812 bits per heavy atom. The highest BCUT2D eigenvalue weighted by atomic mass is 19.4. The summed E-state index contributed by atoms with van der Waals surface area (Å²) in [6.45, 7) is 0. The van der Waals surface area contributed by atoms with E-state index in [9.17, 15) is 48.7 Å². The third-order valence-electron chi connectivity index (χ3n) is 4.17. The predicted molar refractivity (Wildman–Crippen MR) is 90.8 cm³/mol. The maximum atomic E-state index is 14.1. The molecule has 0 spiro atoms. The van der Waals surface area contributed by atoms with Gasteiger partial charge in [0.25, 0.3) is 5.91 Å². The molecule has 2 aromatic rings. The number of ether oxygens (including phenoxy) is 1. The van der Waals surface area contributed by atoms with Crippen molar-refractivity contribution < 1.29 is 53.4 Å². The minimum atomic E-state index is -7.02. The van der Waals surface area contributed by atoms with Crippen LogP contribution in [-0.4, -0.2) is 42.9 Å². The van der Waals surface area contributed by atoms with Crippen LogP contribution >= 0.6 is 0 Å². The zero-order valence-electron chi connectivity index (χ0n) is 16.1. The number of benzene rings is 2. The Labute approximate surface area is 174 Å². The molecule has 0 aliphatic heterocycles. The molecule has 13 heteroatoms. The molecule has 0 aliphatic rings. The number of rotatable bonds is 6. The van der Waals surface area contributed by atoms with Crippen LogP contribution < -0.4 is 4.74 Å². The second-order valence-electron chi connectivity index (χ2n) is 6.69. The molecule has 0 radical (unpaired) electrons. The minimum Gasteiger partial charge on any atom is -0.454 e. The fourth-order valence-electron chi connectivity index (χ4n) is 2.39. The smallest absolute Gasteiger partial charge is 0.454 e. The van der Waals surface area contributed by atoms with Gasteiger partial charge in [-0.3, -0.25) is 4.79 Å². The zero-order valence-corrected chi connectivity index (χ0v) is 16.1. The van der Waals surface area contributed by atoms with Gasteiger partial charge in [-0.2, -0.15) is 39.5 Å². The van der Waals surface area contributed by atoms with Crippen LogP contribution in [0.1, 0.15) is 15.9 Å². The van der Waals surface area contributed by atoms with E-state index in [1.807, 2.05) is 0 Å². The summed E-state index contributed by atoms with van der Waals surface area (Å²) in [7, 11) is 2.83. The summed E-state index contributed by atoms with van der Waals surface area (Å²) in [5.74, 6) is -22.3. The third-order valence-corrected chi connectivity index (χ3v) is 4.17. The Morgan fingerprint density at radius 2 is 1.34 bits per heavy atom. The topological polar surface area (TPSA) is 29.5 Å². The van der Waals surface area contributed by atoms with Crippen molar-refractivity contribution in [2.75, 3.05) is 14.1 Å². The highest BCUT2D eigenvalue weighted by Gasteiger charge is 2.82. The number of nitrogens with zero attached hydrogens (tertiary/aromatic N) is 1. The maximum Gasteiger partial charge on any atom is 0.460 e. The molecule has 0 atom stereocenters. The lowest BCUT2D eigenvalue weighted by Crippen LogP contribution is -2.59. The number of carbonyl (C=O) groups is 1. The lowest BCUT2D eigenvalue weighted by Gasteiger charge is -2.33. The summed E-state index contributed by atoms with van der Waals surface area (Å²) in [5, 5.41) is 0. The molecule has 0 aliphatic carbocycles. The lowest BCUT2D eigenvalue weighted by molar-refractivity contribution is -0.399. The molecule has 0 N–H and O–H groups in total. The summed E-state index contributed by atoms with van der Waals surface area (Å²) >= 11 is 0. The average Bonchev–Trinajstić information content (AvgIpc) is 2.68. The van der Waals surface area contributed by atoms with E-state index < -0.39 is 52.7 Å². The zero-order chi connectivity index (χ0) is 24.7. The van der Waals surface area contributed by atoms with Crippen molar-refractivity contribution in [2.24, 2.45) is 0 Å². The fourth-order valence-corrected chi connectivity index (χ4v) is 2.39. The molecule has 1 amide bonds. The number of amides is 1. The summed E-state index contributed by atoms with van der Waals surface area (Å²) < 4.78 is 137. The number of hydrogen-bond donors (Lipinski definition) is 0. The first-order chi connectivity index (χ1) is 14.4. The SMILES string of the molecule is CN(C)C(=O)c1ccc(Oc2ccc(C(F)(F)C(F)(F)C(F)(F)C(F)(F)F)cc2)c(F)c1. The van der Waals surface area contributed by atoms with Crippen LogP contribution in [0.2, 0.25) is 0 Å². The molecule has 0 heterocycles. The Bertz CT molecular complexity index is 985. The first kappa shape index (κ1) is 25.3. The summed E-state index contributed by atoms with van der Waals surface area (Å²) in [6.07, 6.45) is -6.93. The van der Waals surface area contributed by atoms with Gasteiger partial charge < -0.3 is 9.64 Å². The Morgan fingerprint density at radius 3 is 1.78 bits per heavy atom. The molecule has 2 aromatic carbocycles. The van der Waals surface area contributed by atoms with Gasteiger partial charge in [-0.05, 0) is 42.5 Å². The quantitative estimate of drug-likeness (QED) is 0.461. The Hall–Kier alpha value is -2.99. The van der Waals surface area contributed by atoms with Crippen LogP contribution in [-0.2, 0) is 5.92 Å². The van der Waals surface area contributed by atoms with Crippen molar-refractivity contribution in [1.29, 1.82) is 0 Å². The van der Waals surface area contributed by atoms with Gasteiger partial charge in [-0.25, -0.2) is 4.39 Å². The van der Waals surface area contributed by atoms with E-state index in [0.717, 1.165) is 17.0 Å².